The average Bonchev–Trinajstić information content (AvgIpc) is 3.00. The molecule has 0 spiro atoms. The van der Waals surface area contributed by atoms with Crippen molar-refractivity contribution in [1.29, 1.82) is 0 Å². The van der Waals surface area contributed by atoms with Gasteiger partial charge in [0.1, 0.15) is 0 Å². The summed E-state index contributed by atoms with van der Waals surface area (Å²) in [6.07, 6.45) is 11.0. The van der Waals surface area contributed by atoms with Gasteiger partial charge in [-0.2, -0.15) is 0 Å². The zero-order valence-corrected chi connectivity index (χ0v) is 12.3. The lowest BCUT2D eigenvalue weighted by atomic mass is 9.78. The van der Waals surface area contributed by atoms with Gasteiger partial charge in [-0.15, -0.1) is 0 Å². The fraction of sp³-hybridized carbons (Fsp3) is 0.556. The maximum Gasteiger partial charge on any atom is 0.0347 e. The SMILES string of the molecule is NCC1(NCCC2=CCCC2)CCc2ccccc2C1. The van der Waals surface area contributed by atoms with Crippen LogP contribution in [0.5, 0.6) is 0 Å². The Kier molecular flexibility index (Phi) is 4.23. The molecule has 3 rings (SSSR count). The fourth-order valence-electron chi connectivity index (χ4n) is 3.65. The normalized spacial score (nSPS) is 25.4. The molecule has 1 aromatic rings. The van der Waals surface area contributed by atoms with Gasteiger partial charge in [-0.25, -0.2) is 0 Å². The number of aryl methyl sites for hydroxylation is 1. The van der Waals surface area contributed by atoms with Gasteiger partial charge in [0.05, 0.1) is 0 Å². The fourth-order valence-corrected chi connectivity index (χ4v) is 3.65. The molecule has 1 atom stereocenters. The first-order valence-electron chi connectivity index (χ1n) is 8.01. The molecule has 3 N–H and O–H groups in total. The molecule has 0 heterocycles. The first-order chi connectivity index (χ1) is 9.81. The molecule has 2 nitrogen and oxygen atoms in total. The average molecular weight is 270 g/mol. The molecule has 0 amide bonds. The Morgan fingerprint density at radius 2 is 2.00 bits per heavy atom. The van der Waals surface area contributed by atoms with Crippen molar-refractivity contribution < 1.29 is 0 Å². The van der Waals surface area contributed by atoms with Gasteiger partial charge in [0.2, 0.25) is 0 Å². The van der Waals surface area contributed by atoms with Crippen molar-refractivity contribution in [3.63, 3.8) is 0 Å². The molecule has 2 heteroatoms. The van der Waals surface area contributed by atoms with Crippen LogP contribution in [0.2, 0.25) is 0 Å². The predicted molar refractivity (Wildman–Crippen MR) is 84.8 cm³/mol. The van der Waals surface area contributed by atoms with Crippen LogP contribution >= 0.6 is 0 Å². The Morgan fingerprint density at radius 3 is 2.75 bits per heavy atom. The lowest BCUT2D eigenvalue weighted by Gasteiger charge is -2.38. The van der Waals surface area contributed by atoms with E-state index >= 15 is 0 Å². The second-order valence-corrected chi connectivity index (χ2v) is 6.36. The summed E-state index contributed by atoms with van der Waals surface area (Å²) in [4.78, 5) is 0. The van der Waals surface area contributed by atoms with Crippen LogP contribution in [0.15, 0.2) is 35.9 Å². The van der Waals surface area contributed by atoms with E-state index in [4.69, 9.17) is 5.73 Å². The minimum Gasteiger partial charge on any atom is -0.329 e. The lowest BCUT2D eigenvalue weighted by molar-refractivity contribution is 0.295. The Balaban J connectivity index is 1.61. The molecule has 0 aromatic heterocycles. The van der Waals surface area contributed by atoms with Gasteiger partial charge in [0.25, 0.3) is 0 Å². The van der Waals surface area contributed by atoms with Gasteiger partial charge in [-0.1, -0.05) is 35.9 Å². The molecule has 0 aliphatic heterocycles. The number of allylic oxidation sites excluding steroid dienone is 1. The smallest absolute Gasteiger partial charge is 0.0347 e. The largest absolute Gasteiger partial charge is 0.329 e. The zero-order valence-electron chi connectivity index (χ0n) is 12.3. The van der Waals surface area contributed by atoms with Crippen molar-refractivity contribution in [2.45, 2.75) is 50.5 Å². The van der Waals surface area contributed by atoms with Crippen LogP contribution in [0.25, 0.3) is 0 Å². The Labute approximate surface area is 122 Å². The molecule has 0 saturated heterocycles. The molecule has 1 unspecified atom stereocenters. The highest BCUT2D eigenvalue weighted by Crippen LogP contribution is 2.28. The maximum absolute atomic E-state index is 6.11. The third-order valence-corrected chi connectivity index (χ3v) is 4.99. The first kappa shape index (κ1) is 13.8. The van der Waals surface area contributed by atoms with Gasteiger partial charge in [0.15, 0.2) is 0 Å². The number of hydrogen-bond donors (Lipinski definition) is 2. The number of benzene rings is 1. The quantitative estimate of drug-likeness (QED) is 0.807. The van der Waals surface area contributed by atoms with Crippen LogP contribution in [0.4, 0.5) is 0 Å². The van der Waals surface area contributed by atoms with E-state index < -0.39 is 0 Å². The molecule has 0 bridgehead atoms. The minimum atomic E-state index is 0.119. The summed E-state index contributed by atoms with van der Waals surface area (Å²) in [6, 6.07) is 8.82. The molecule has 20 heavy (non-hydrogen) atoms. The summed E-state index contributed by atoms with van der Waals surface area (Å²) < 4.78 is 0. The van der Waals surface area contributed by atoms with E-state index in [0.29, 0.717) is 0 Å². The van der Waals surface area contributed by atoms with E-state index in [9.17, 15) is 0 Å². The van der Waals surface area contributed by atoms with Crippen LogP contribution in [-0.2, 0) is 12.8 Å². The highest BCUT2D eigenvalue weighted by molar-refractivity contribution is 5.32. The van der Waals surface area contributed by atoms with Gasteiger partial charge < -0.3 is 11.1 Å². The number of nitrogens with one attached hydrogen (secondary N) is 1. The first-order valence-corrected chi connectivity index (χ1v) is 8.01. The Bertz CT molecular complexity index is 492. The topological polar surface area (TPSA) is 38.0 Å². The van der Waals surface area contributed by atoms with E-state index in [1.54, 1.807) is 5.57 Å². The minimum absolute atomic E-state index is 0.119. The number of nitrogens with two attached hydrogens (primary N) is 1. The maximum atomic E-state index is 6.11. The molecular weight excluding hydrogens is 244 g/mol. The van der Waals surface area contributed by atoms with Crippen molar-refractivity contribution in [2.75, 3.05) is 13.1 Å². The Morgan fingerprint density at radius 1 is 1.15 bits per heavy atom. The molecule has 108 valence electrons. The molecule has 0 radical (unpaired) electrons. The summed E-state index contributed by atoms with van der Waals surface area (Å²) in [5.41, 5.74) is 10.9. The van der Waals surface area contributed by atoms with E-state index in [-0.39, 0.29) is 5.54 Å². The van der Waals surface area contributed by atoms with Gasteiger partial charge in [-0.05, 0) is 62.6 Å². The van der Waals surface area contributed by atoms with Crippen molar-refractivity contribution >= 4 is 0 Å². The van der Waals surface area contributed by atoms with Gasteiger partial charge >= 0.3 is 0 Å². The second kappa shape index (κ2) is 6.11. The number of hydrogen-bond acceptors (Lipinski definition) is 2. The summed E-state index contributed by atoms with van der Waals surface area (Å²) in [6.45, 7) is 1.81. The van der Waals surface area contributed by atoms with Crippen LogP contribution < -0.4 is 11.1 Å². The summed E-state index contributed by atoms with van der Waals surface area (Å²) in [5, 5.41) is 3.79. The third kappa shape index (κ3) is 2.97. The lowest BCUT2D eigenvalue weighted by Crippen LogP contribution is -2.55. The van der Waals surface area contributed by atoms with E-state index in [1.807, 2.05) is 0 Å². The van der Waals surface area contributed by atoms with E-state index in [1.165, 1.54) is 43.2 Å². The molecule has 0 saturated carbocycles. The summed E-state index contributed by atoms with van der Waals surface area (Å²) in [5.74, 6) is 0. The van der Waals surface area contributed by atoms with E-state index in [2.05, 4.69) is 35.7 Å². The Hall–Kier alpha value is -1.12. The zero-order chi connectivity index (χ0) is 13.8. The molecular formula is C18H26N2. The molecule has 0 fully saturated rings. The van der Waals surface area contributed by atoms with Crippen LogP contribution in [0, 0.1) is 0 Å². The van der Waals surface area contributed by atoms with Crippen LogP contribution in [0.1, 0.15) is 43.2 Å². The van der Waals surface area contributed by atoms with E-state index in [0.717, 1.165) is 25.9 Å². The van der Waals surface area contributed by atoms with Crippen LogP contribution in [-0.4, -0.2) is 18.6 Å². The van der Waals surface area contributed by atoms with Crippen LogP contribution in [0.3, 0.4) is 0 Å². The van der Waals surface area contributed by atoms with Crippen molar-refractivity contribution in [1.82, 2.24) is 5.32 Å². The summed E-state index contributed by atoms with van der Waals surface area (Å²) >= 11 is 0. The second-order valence-electron chi connectivity index (χ2n) is 6.36. The highest BCUT2D eigenvalue weighted by Gasteiger charge is 2.32. The molecule has 2 aliphatic carbocycles. The third-order valence-electron chi connectivity index (χ3n) is 4.99. The standard InChI is InChI=1S/C18H26N2/c19-14-18(20-12-10-15-5-1-2-6-15)11-9-16-7-3-4-8-17(16)13-18/h3-5,7-8,20H,1-2,6,9-14,19H2. The monoisotopic (exact) mass is 270 g/mol. The van der Waals surface area contributed by atoms with Gasteiger partial charge in [-0.3, -0.25) is 0 Å². The van der Waals surface area contributed by atoms with Crippen molar-refractivity contribution in [3.8, 4) is 0 Å². The molecule has 1 aromatic carbocycles. The van der Waals surface area contributed by atoms with Crippen molar-refractivity contribution in [2.24, 2.45) is 5.73 Å². The number of fused-ring (bicyclic) bond motifs is 1. The van der Waals surface area contributed by atoms with Gasteiger partial charge in [0, 0.05) is 12.1 Å². The van der Waals surface area contributed by atoms with Crippen molar-refractivity contribution in [3.05, 3.63) is 47.0 Å². The highest BCUT2D eigenvalue weighted by atomic mass is 15.0. The number of rotatable bonds is 5. The molecule has 2 aliphatic rings. The predicted octanol–water partition coefficient (Wildman–Crippen LogP) is 2.96. The summed E-state index contributed by atoms with van der Waals surface area (Å²) in [7, 11) is 0.